The van der Waals surface area contributed by atoms with Crippen LogP contribution in [0.2, 0.25) is 0 Å². The van der Waals surface area contributed by atoms with Crippen LogP contribution in [0.5, 0.6) is 0 Å². The summed E-state index contributed by atoms with van der Waals surface area (Å²) in [6, 6.07) is 18.1. The number of anilines is 1. The van der Waals surface area contributed by atoms with Crippen LogP contribution in [0.4, 0.5) is 5.69 Å². The van der Waals surface area contributed by atoms with Gasteiger partial charge in [-0.1, -0.05) is 35.9 Å². The molecule has 3 aromatic rings. The van der Waals surface area contributed by atoms with Crippen molar-refractivity contribution in [3.8, 4) is 0 Å². The van der Waals surface area contributed by atoms with E-state index in [1.165, 1.54) is 11.1 Å². The first-order valence-electron chi connectivity index (χ1n) is 10.8. The molecule has 31 heavy (non-hydrogen) atoms. The van der Waals surface area contributed by atoms with Crippen molar-refractivity contribution in [2.45, 2.75) is 46.2 Å². The molecule has 2 amide bonds. The van der Waals surface area contributed by atoms with Gasteiger partial charge in [0.2, 0.25) is 11.8 Å². The lowest BCUT2D eigenvalue weighted by Crippen LogP contribution is -2.42. The Labute approximate surface area is 183 Å². The molecule has 0 bridgehead atoms. The van der Waals surface area contributed by atoms with Crippen LogP contribution in [0.15, 0.2) is 60.8 Å². The minimum Gasteiger partial charge on any atom is -0.348 e. The van der Waals surface area contributed by atoms with E-state index in [0.717, 1.165) is 29.1 Å². The molecule has 2 heterocycles. The SMILES string of the molecule is Cc1cccc([C@H]2c3cccn3CCN2C(=O)CCC(=O)Nc2ccc(C)c(C)c2)c1. The fourth-order valence-electron chi connectivity index (χ4n) is 4.25. The summed E-state index contributed by atoms with van der Waals surface area (Å²) in [5.74, 6) is -0.127. The van der Waals surface area contributed by atoms with Gasteiger partial charge < -0.3 is 14.8 Å². The number of nitrogens with one attached hydrogen (secondary N) is 1. The Bertz CT molecular complexity index is 1120. The first kappa shape index (κ1) is 20.9. The first-order valence-corrected chi connectivity index (χ1v) is 10.8. The highest BCUT2D eigenvalue weighted by molar-refractivity contribution is 5.93. The molecule has 0 aliphatic carbocycles. The van der Waals surface area contributed by atoms with E-state index in [9.17, 15) is 9.59 Å². The molecule has 5 heteroatoms. The van der Waals surface area contributed by atoms with Crippen LogP contribution >= 0.6 is 0 Å². The lowest BCUT2D eigenvalue weighted by atomic mass is 9.98. The number of benzene rings is 2. The molecule has 0 saturated carbocycles. The third-order valence-electron chi connectivity index (χ3n) is 6.07. The molecule has 1 aliphatic rings. The van der Waals surface area contributed by atoms with E-state index in [-0.39, 0.29) is 30.7 Å². The number of carbonyl (C=O) groups is 2. The summed E-state index contributed by atoms with van der Waals surface area (Å²) >= 11 is 0. The fourth-order valence-corrected chi connectivity index (χ4v) is 4.25. The zero-order valence-corrected chi connectivity index (χ0v) is 18.4. The molecule has 0 spiro atoms. The summed E-state index contributed by atoms with van der Waals surface area (Å²) < 4.78 is 2.21. The zero-order valence-electron chi connectivity index (χ0n) is 18.4. The number of rotatable bonds is 5. The van der Waals surface area contributed by atoms with Crippen LogP contribution in [0.25, 0.3) is 0 Å². The van der Waals surface area contributed by atoms with Crippen LogP contribution in [0.1, 0.15) is 46.8 Å². The molecule has 0 saturated heterocycles. The monoisotopic (exact) mass is 415 g/mol. The highest BCUT2D eigenvalue weighted by Crippen LogP contribution is 2.33. The Hall–Kier alpha value is -3.34. The van der Waals surface area contributed by atoms with Crippen LogP contribution < -0.4 is 5.32 Å². The molecular weight excluding hydrogens is 386 g/mol. The van der Waals surface area contributed by atoms with Crippen LogP contribution in [-0.4, -0.2) is 27.8 Å². The molecule has 5 nitrogen and oxygen atoms in total. The van der Waals surface area contributed by atoms with Gasteiger partial charge in [-0.15, -0.1) is 0 Å². The number of hydrogen-bond donors (Lipinski definition) is 1. The zero-order chi connectivity index (χ0) is 22.0. The first-order chi connectivity index (χ1) is 14.9. The molecule has 1 N–H and O–H groups in total. The Morgan fingerprint density at radius 1 is 0.935 bits per heavy atom. The Balaban J connectivity index is 1.46. The second kappa shape index (κ2) is 8.80. The number of aromatic nitrogens is 1. The topological polar surface area (TPSA) is 54.3 Å². The largest absolute Gasteiger partial charge is 0.348 e. The molecule has 1 atom stereocenters. The van der Waals surface area contributed by atoms with E-state index in [2.05, 4.69) is 47.3 Å². The average molecular weight is 416 g/mol. The van der Waals surface area contributed by atoms with Crippen molar-refractivity contribution in [2.24, 2.45) is 0 Å². The van der Waals surface area contributed by atoms with E-state index >= 15 is 0 Å². The van der Waals surface area contributed by atoms with Crippen molar-refractivity contribution in [3.05, 3.63) is 88.7 Å². The van der Waals surface area contributed by atoms with Gasteiger partial charge in [0.1, 0.15) is 0 Å². The van der Waals surface area contributed by atoms with Crippen molar-refractivity contribution in [2.75, 3.05) is 11.9 Å². The van der Waals surface area contributed by atoms with Gasteiger partial charge in [-0.05, 0) is 61.7 Å². The summed E-state index contributed by atoms with van der Waals surface area (Å²) in [5, 5.41) is 2.92. The van der Waals surface area contributed by atoms with Gasteiger partial charge in [-0.2, -0.15) is 0 Å². The molecule has 4 rings (SSSR count). The third-order valence-corrected chi connectivity index (χ3v) is 6.07. The predicted molar refractivity (Wildman–Crippen MR) is 123 cm³/mol. The molecule has 160 valence electrons. The highest BCUT2D eigenvalue weighted by Gasteiger charge is 2.32. The van der Waals surface area contributed by atoms with E-state index in [4.69, 9.17) is 0 Å². The van der Waals surface area contributed by atoms with E-state index in [1.54, 1.807) is 0 Å². The lowest BCUT2D eigenvalue weighted by Gasteiger charge is -2.37. The minimum absolute atomic E-state index is 0.00851. The number of amides is 2. The Kier molecular flexibility index (Phi) is 5.94. The van der Waals surface area contributed by atoms with Crippen molar-refractivity contribution >= 4 is 17.5 Å². The van der Waals surface area contributed by atoms with E-state index < -0.39 is 0 Å². The van der Waals surface area contributed by atoms with E-state index in [1.807, 2.05) is 49.1 Å². The second-order valence-corrected chi connectivity index (χ2v) is 8.38. The Morgan fingerprint density at radius 2 is 1.77 bits per heavy atom. The lowest BCUT2D eigenvalue weighted by molar-refractivity contribution is -0.135. The average Bonchev–Trinajstić information content (AvgIpc) is 3.23. The molecule has 2 aromatic carbocycles. The number of aryl methyl sites for hydroxylation is 3. The Morgan fingerprint density at radius 3 is 2.55 bits per heavy atom. The molecule has 0 radical (unpaired) electrons. The molecule has 0 fully saturated rings. The summed E-state index contributed by atoms with van der Waals surface area (Å²) in [5.41, 5.74) is 6.48. The third kappa shape index (κ3) is 4.55. The van der Waals surface area contributed by atoms with Gasteiger partial charge in [-0.25, -0.2) is 0 Å². The molecule has 1 aromatic heterocycles. The molecule has 1 aliphatic heterocycles. The van der Waals surface area contributed by atoms with Gasteiger partial charge in [0.05, 0.1) is 6.04 Å². The van der Waals surface area contributed by atoms with Crippen molar-refractivity contribution < 1.29 is 9.59 Å². The van der Waals surface area contributed by atoms with Crippen LogP contribution in [-0.2, 0) is 16.1 Å². The van der Waals surface area contributed by atoms with Gasteiger partial charge in [-0.3, -0.25) is 9.59 Å². The van der Waals surface area contributed by atoms with Crippen LogP contribution in [0, 0.1) is 20.8 Å². The van der Waals surface area contributed by atoms with Crippen molar-refractivity contribution in [1.82, 2.24) is 9.47 Å². The molecule has 0 unspecified atom stereocenters. The van der Waals surface area contributed by atoms with E-state index in [0.29, 0.717) is 6.54 Å². The normalized spacial score (nSPS) is 15.5. The smallest absolute Gasteiger partial charge is 0.224 e. The van der Waals surface area contributed by atoms with Crippen LogP contribution in [0.3, 0.4) is 0 Å². The van der Waals surface area contributed by atoms with Gasteiger partial charge in [0, 0.05) is 43.5 Å². The highest BCUT2D eigenvalue weighted by atomic mass is 16.2. The van der Waals surface area contributed by atoms with Crippen molar-refractivity contribution in [3.63, 3.8) is 0 Å². The number of fused-ring (bicyclic) bond motifs is 1. The summed E-state index contributed by atoms with van der Waals surface area (Å²) in [7, 11) is 0. The van der Waals surface area contributed by atoms with Crippen molar-refractivity contribution in [1.29, 1.82) is 0 Å². The van der Waals surface area contributed by atoms with Gasteiger partial charge in [0.25, 0.3) is 0 Å². The maximum atomic E-state index is 13.2. The van der Waals surface area contributed by atoms with Gasteiger partial charge >= 0.3 is 0 Å². The second-order valence-electron chi connectivity index (χ2n) is 8.38. The maximum Gasteiger partial charge on any atom is 0.224 e. The maximum absolute atomic E-state index is 13.2. The number of carbonyl (C=O) groups excluding carboxylic acids is 2. The minimum atomic E-state index is -0.135. The quantitative estimate of drug-likeness (QED) is 0.653. The molecular formula is C26H29N3O2. The summed E-state index contributed by atoms with van der Waals surface area (Å²) in [6.07, 6.45) is 2.43. The number of hydrogen-bond acceptors (Lipinski definition) is 2. The van der Waals surface area contributed by atoms with Gasteiger partial charge in [0.15, 0.2) is 0 Å². The summed E-state index contributed by atoms with van der Waals surface area (Å²) in [6.45, 7) is 7.53. The predicted octanol–water partition coefficient (Wildman–Crippen LogP) is 4.76. The number of nitrogens with zero attached hydrogens (tertiary/aromatic N) is 2. The standard InChI is InChI=1S/C26H29N3O2/c1-18-6-4-7-21(16-18)26-23-8-5-13-28(23)14-15-29(26)25(31)12-11-24(30)27-22-10-9-19(2)20(3)17-22/h4-10,13,16-17,26H,11-12,14-15H2,1-3H3,(H,27,30)/t26-/m0/s1. The summed E-state index contributed by atoms with van der Waals surface area (Å²) in [4.78, 5) is 27.6. The fraction of sp³-hybridized carbons (Fsp3) is 0.308.